The molecule has 4 heteroatoms. The molecule has 106 valence electrons. The van der Waals surface area contributed by atoms with Crippen LogP contribution in [0.3, 0.4) is 0 Å². The van der Waals surface area contributed by atoms with Crippen LogP contribution in [-0.4, -0.2) is 46.5 Å². The Morgan fingerprint density at radius 1 is 1.28 bits per heavy atom. The van der Waals surface area contributed by atoms with Gasteiger partial charge in [0, 0.05) is 0 Å². The number of hydrogen-bond donors (Lipinski definition) is 0. The minimum atomic E-state index is -0.378. The molecule has 0 aromatic rings. The molecule has 0 saturated carbocycles. The van der Waals surface area contributed by atoms with E-state index in [0.717, 1.165) is 31.8 Å². The number of carbonyl (C=O) groups excluding carboxylic acids is 1. The predicted octanol–water partition coefficient (Wildman–Crippen LogP) is 2.86. The number of likely N-dealkylation sites (tertiary alicyclic amines) is 1. The van der Waals surface area contributed by atoms with Gasteiger partial charge in [0.25, 0.3) is 0 Å². The first-order valence-corrected chi connectivity index (χ1v) is 8.81. The van der Waals surface area contributed by atoms with Gasteiger partial charge in [0.15, 0.2) is 0 Å². The number of nitrogens with zero attached hydrogens (tertiary/aromatic N) is 1. The van der Waals surface area contributed by atoms with Crippen LogP contribution in [0.2, 0.25) is 5.21 Å². The molecule has 0 aromatic heterocycles. The summed E-state index contributed by atoms with van der Waals surface area (Å²) in [5.74, 6) is 0.822. The van der Waals surface area contributed by atoms with Crippen molar-refractivity contribution in [2.45, 2.75) is 63.7 Å². The fourth-order valence-electron chi connectivity index (χ4n) is 2.31. The fraction of sp³-hybridized carbons (Fsp3) is 0.929. The Bertz CT molecular complexity index is 255. The van der Waals surface area contributed by atoms with Gasteiger partial charge in [0.2, 0.25) is 0 Å². The topological polar surface area (TPSA) is 29.5 Å². The number of ether oxygens (including phenoxy) is 1. The van der Waals surface area contributed by atoms with Gasteiger partial charge < -0.3 is 0 Å². The van der Waals surface area contributed by atoms with E-state index in [4.69, 9.17) is 4.74 Å². The summed E-state index contributed by atoms with van der Waals surface area (Å²) in [5.41, 5.74) is -0.378. The van der Waals surface area contributed by atoms with Crippen molar-refractivity contribution in [3.05, 3.63) is 0 Å². The van der Waals surface area contributed by atoms with E-state index in [9.17, 15) is 4.79 Å². The molecule has 0 radical (unpaired) electrons. The third-order valence-corrected chi connectivity index (χ3v) is 4.19. The van der Waals surface area contributed by atoms with Crippen molar-refractivity contribution in [2.24, 2.45) is 5.92 Å². The van der Waals surface area contributed by atoms with Crippen LogP contribution >= 0.6 is 0 Å². The van der Waals surface area contributed by atoms with Gasteiger partial charge in [-0.15, -0.1) is 0 Å². The van der Waals surface area contributed by atoms with Crippen LogP contribution in [-0.2, 0) is 4.74 Å². The molecule has 18 heavy (non-hydrogen) atoms. The third-order valence-electron chi connectivity index (χ3n) is 3.33. The maximum atomic E-state index is 11.9. The first-order chi connectivity index (χ1) is 8.42. The maximum absolute atomic E-state index is 11.9. The standard InChI is InChI=1S/C14H28AsNO2/c1-14(2,3)18-13(17)16-10-7-12(8-11-16)6-4-5-9-15/h12H,4-11,15H2,1-3H3. The van der Waals surface area contributed by atoms with Gasteiger partial charge in [-0.3, -0.25) is 0 Å². The van der Waals surface area contributed by atoms with Crippen molar-refractivity contribution >= 4 is 22.9 Å². The van der Waals surface area contributed by atoms with E-state index in [1.165, 1.54) is 24.5 Å². The molecule has 0 bridgehead atoms. The molecule has 3 nitrogen and oxygen atoms in total. The van der Waals surface area contributed by atoms with Gasteiger partial charge in [0.1, 0.15) is 0 Å². The van der Waals surface area contributed by atoms with E-state index < -0.39 is 0 Å². The summed E-state index contributed by atoms with van der Waals surface area (Å²) in [5, 5.41) is 1.35. The molecule has 0 N–H and O–H groups in total. The van der Waals surface area contributed by atoms with Crippen LogP contribution in [0.1, 0.15) is 52.9 Å². The van der Waals surface area contributed by atoms with Gasteiger partial charge in [-0.1, -0.05) is 0 Å². The predicted molar refractivity (Wildman–Crippen MR) is 77.7 cm³/mol. The Kier molecular flexibility index (Phi) is 6.55. The second-order valence-electron chi connectivity index (χ2n) is 6.20. The zero-order valence-corrected chi connectivity index (χ0v) is 14.5. The van der Waals surface area contributed by atoms with E-state index in [2.05, 4.69) is 0 Å². The van der Waals surface area contributed by atoms with Gasteiger partial charge in [-0.2, -0.15) is 0 Å². The molecule has 1 unspecified atom stereocenters. The van der Waals surface area contributed by atoms with Crippen LogP contribution in [0.25, 0.3) is 0 Å². The molecule has 1 aliphatic heterocycles. The van der Waals surface area contributed by atoms with Crippen molar-refractivity contribution in [3.63, 3.8) is 0 Å². The molecular weight excluding hydrogens is 289 g/mol. The second kappa shape index (κ2) is 7.43. The Balaban J connectivity index is 2.24. The molecule has 1 heterocycles. The molecule has 1 saturated heterocycles. The van der Waals surface area contributed by atoms with E-state index in [1.54, 1.807) is 0 Å². The molecule has 0 aliphatic carbocycles. The molecule has 1 atom stereocenters. The SMILES string of the molecule is CC(C)(C)OC(=O)N1CCC(CCCC[AsH2])CC1. The quantitative estimate of drug-likeness (QED) is 0.589. The van der Waals surface area contributed by atoms with Crippen molar-refractivity contribution in [3.8, 4) is 0 Å². The van der Waals surface area contributed by atoms with Crippen molar-refractivity contribution in [1.29, 1.82) is 0 Å². The summed E-state index contributed by atoms with van der Waals surface area (Å²) in [6.07, 6.45) is 6.22. The summed E-state index contributed by atoms with van der Waals surface area (Å²) < 4.78 is 5.40. The summed E-state index contributed by atoms with van der Waals surface area (Å²) in [4.78, 5) is 13.8. The number of piperidine rings is 1. The molecule has 1 fully saturated rings. The van der Waals surface area contributed by atoms with Crippen LogP contribution in [0.15, 0.2) is 0 Å². The van der Waals surface area contributed by atoms with E-state index in [0.29, 0.717) is 0 Å². The van der Waals surface area contributed by atoms with Crippen LogP contribution < -0.4 is 0 Å². The zero-order chi connectivity index (χ0) is 13.6. The number of amides is 1. The molecule has 0 aromatic carbocycles. The summed E-state index contributed by atoms with van der Waals surface area (Å²) in [6, 6.07) is 0. The number of carbonyl (C=O) groups is 1. The van der Waals surface area contributed by atoms with Crippen molar-refractivity contribution in [1.82, 2.24) is 4.90 Å². The Hall–Kier alpha value is -0.172. The minimum absolute atomic E-state index is 0.141. The van der Waals surface area contributed by atoms with Crippen LogP contribution in [0.5, 0.6) is 0 Å². The average Bonchev–Trinajstić information content (AvgIpc) is 2.28. The molecular formula is C14H28AsNO2. The summed E-state index contributed by atoms with van der Waals surface area (Å²) in [7, 11) is 0. The molecule has 1 rings (SSSR count). The monoisotopic (exact) mass is 317 g/mol. The number of hydrogen-bond acceptors (Lipinski definition) is 2. The molecule has 1 aliphatic rings. The van der Waals surface area contributed by atoms with E-state index >= 15 is 0 Å². The van der Waals surface area contributed by atoms with Gasteiger partial charge >= 0.3 is 120 Å². The first-order valence-electron chi connectivity index (χ1n) is 7.10. The van der Waals surface area contributed by atoms with Crippen LogP contribution in [0.4, 0.5) is 4.79 Å². The second-order valence-corrected chi connectivity index (χ2v) is 7.41. The van der Waals surface area contributed by atoms with E-state index in [-0.39, 0.29) is 11.7 Å². The Labute approximate surface area is 120 Å². The Morgan fingerprint density at radius 3 is 2.39 bits per heavy atom. The van der Waals surface area contributed by atoms with Gasteiger partial charge in [-0.25, -0.2) is 0 Å². The zero-order valence-electron chi connectivity index (χ0n) is 12.1. The van der Waals surface area contributed by atoms with Crippen molar-refractivity contribution in [2.75, 3.05) is 13.1 Å². The third kappa shape index (κ3) is 6.13. The normalized spacial score (nSPS) is 17.9. The number of rotatable bonds is 4. The van der Waals surface area contributed by atoms with E-state index in [1.807, 2.05) is 42.5 Å². The summed E-state index contributed by atoms with van der Waals surface area (Å²) >= 11 is 1.83. The fourth-order valence-corrected chi connectivity index (χ4v) is 2.91. The molecule has 1 amide bonds. The first kappa shape index (κ1) is 15.9. The van der Waals surface area contributed by atoms with Gasteiger partial charge in [0.05, 0.1) is 0 Å². The molecule has 0 spiro atoms. The van der Waals surface area contributed by atoms with Crippen LogP contribution in [0, 0.1) is 5.92 Å². The van der Waals surface area contributed by atoms with Crippen molar-refractivity contribution < 1.29 is 9.53 Å². The Morgan fingerprint density at radius 2 is 1.89 bits per heavy atom. The van der Waals surface area contributed by atoms with Gasteiger partial charge in [-0.05, 0) is 0 Å². The average molecular weight is 317 g/mol. The summed E-state index contributed by atoms with van der Waals surface area (Å²) in [6.45, 7) is 7.50. The number of unbranched alkanes of at least 4 members (excludes halogenated alkanes) is 1.